The van der Waals surface area contributed by atoms with Crippen LogP contribution in [-0.2, 0) is 11.3 Å². The minimum atomic E-state index is -0.606. The number of benzene rings is 1. The van der Waals surface area contributed by atoms with E-state index >= 15 is 0 Å². The number of carbonyl (C=O) groups excluding carboxylic acids is 2. The van der Waals surface area contributed by atoms with E-state index in [0.717, 1.165) is 17.0 Å². The number of hydrogen-bond donors (Lipinski definition) is 0. The van der Waals surface area contributed by atoms with E-state index in [4.69, 9.17) is 16.3 Å². The topological polar surface area (TPSA) is 61.2 Å². The molecule has 0 aliphatic carbocycles. The Morgan fingerprint density at radius 1 is 1.11 bits per heavy atom. The lowest BCUT2D eigenvalue weighted by molar-refractivity contribution is 0.0474. The van der Waals surface area contributed by atoms with Crippen molar-refractivity contribution in [3.63, 3.8) is 0 Å². The summed E-state index contributed by atoms with van der Waals surface area (Å²) in [6.45, 7) is 4.21. The van der Waals surface area contributed by atoms with Crippen molar-refractivity contribution >= 4 is 23.4 Å². The van der Waals surface area contributed by atoms with Crippen molar-refractivity contribution in [2.24, 2.45) is 0 Å². The van der Waals surface area contributed by atoms with Crippen LogP contribution in [0.25, 0.3) is 0 Å². The zero-order valence-electron chi connectivity index (χ0n) is 15.1. The third-order valence-electron chi connectivity index (χ3n) is 4.36. The second-order valence-electron chi connectivity index (χ2n) is 6.23. The number of ether oxygens (including phenoxy) is 1. The molecule has 0 aliphatic rings. The highest BCUT2D eigenvalue weighted by Crippen LogP contribution is 2.18. The quantitative estimate of drug-likeness (QED) is 0.363. The smallest absolute Gasteiger partial charge is 0.340 e. The Kier molecular flexibility index (Phi) is 5.72. The lowest BCUT2D eigenvalue weighted by Gasteiger charge is -2.10. The van der Waals surface area contributed by atoms with E-state index in [1.807, 2.05) is 50.2 Å². The van der Waals surface area contributed by atoms with Crippen LogP contribution in [0.1, 0.15) is 37.7 Å². The van der Waals surface area contributed by atoms with Crippen molar-refractivity contribution in [1.82, 2.24) is 9.55 Å². The number of nitrogens with zero attached hydrogens (tertiary/aromatic N) is 2. The van der Waals surface area contributed by atoms with Crippen molar-refractivity contribution in [3.05, 3.63) is 88.0 Å². The SMILES string of the molecule is Cc1cc(C(=O)COC(=O)c2ccc(Cl)nc2)c(C)n1Cc1ccccc1. The summed E-state index contributed by atoms with van der Waals surface area (Å²) in [5.74, 6) is -0.844. The van der Waals surface area contributed by atoms with E-state index in [1.165, 1.54) is 18.3 Å². The van der Waals surface area contributed by atoms with Crippen LogP contribution < -0.4 is 0 Å². The van der Waals surface area contributed by atoms with Crippen LogP contribution in [0.5, 0.6) is 0 Å². The molecule has 0 unspecified atom stereocenters. The zero-order valence-corrected chi connectivity index (χ0v) is 15.9. The summed E-state index contributed by atoms with van der Waals surface area (Å²) in [5, 5.41) is 0.286. The molecule has 0 saturated heterocycles. The highest BCUT2D eigenvalue weighted by Gasteiger charge is 2.18. The molecule has 2 heterocycles. The second kappa shape index (κ2) is 8.18. The number of aromatic nitrogens is 2. The summed E-state index contributed by atoms with van der Waals surface area (Å²) in [7, 11) is 0. The summed E-state index contributed by atoms with van der Waals surface area (Å²) in [4.78, 5) is 28.4. The van der Waals surface area contributed by atoms with Crippen molar-refractivity contribution in [1.29, 1.82) is 0 Å². The molecule has 0 radical (unpaired) electrons. The first-order chi connectivity index (χ1) is 13.0. The normalized spacial score (nSPS) is 10.6. The molecule has 5 nitrogen and oxygen atoms in total. The molecule has 27 heavy (non-hydrogen) atoms. The van der Waals surface area contributed by atoms with Gasteiger partial charge in [-0.3, -0.25) is 4.79 Å². The highest BCUT2D eigenvalue weighted by atomic mass is 35.5. The van der Waals surface area contributed by atoms with Crippen molar-refractivity contribution in [2.45, 2.75) is 20.4 Å². The number of ketones is 1. The van der Waals surface area contributed by atoms with Crippen LogP contribution >= 0.6 is 11.6 Å². The van der Waals surface area contributed by atoms with Gasteiger partial charge in [-0.1, -0.05) is 41.9 Å². The van der Waals surface area contributed by atoms with Gasteiger partial charge in [-0.05, 0) is 37.6 Å². The molecule has 0 amide bonds. The molecule has 2 aromatic heterocycles. The molecule has 0 fully saturated rings. The molecule has 0 spiro atoms. The van der Waals surface area contributed by atoms with Crippen molar-refractivity contribution < 1.29 is 14.3 Å². The van der Waals surface area contributed by atoms with Crippen LogP contribution in [0.2, 0.25) is 5.15 Å². The molecule has 0 N–H and O–H groups in total. The van der Waals surface area contributed by atoms with Crippen molar-refractivity contribution in [3.8, 4) is 0 Å². The van der Waals surface area contributed by atoms with Gasteiger partial charge in [0, 0.05) is 29.7 Å². The first-order valence-corrected chi connectivity index (χ1v) is 8.86. The maximum atomic E-state index is 12.5. The predicted molar refractivity (Wildman–Crippen MR) is 103 cm³/mol. The third kappa shape index (κ3) is 4.44. The van der Waals surface area contributed by atoms with Gasteiger partial charge in [0.15, 0.2) is 6.61 Å². The standard InChI is InChI=1S/C21H19ClN2O3/c1-14-10-18(15(2)24(14)12-16-6-4-3-5-7-16)19(25)13-27-21(26)17-8-9-20(22)23-11-17/h3-11H,12-13H2,1-2H3. The fourth-order valence-corrected chi connectivity index (χ4v) is 2.99. The number of carbonyl (C=O) groups is 2. The number of aryl methyl sites for hydroxylation is 1. The first-order valence-electron chi connectivity index (χ1n) is 8.48. The number of hydrogen-bond acceptors (Lipinski definition) is 4. The van der Waals surface area contributed by atoms with Gasteiger partial charge in [0.05, 0.1) is 5.56 Å². The van der Waals surface area contributed by atoms with E-state index in [9.17, 15) is 9.59 Å². The van der Waals surface area contributed by atoms with Crippen LogP contribution in [0.15, 0.2) is 54.7 Å². The van der Waals surface area contributed by atoms with E-state index in [2.05, 4.69) is 9.55 Å². The van der Waals surface area contributed by atoms with Gasteiger partial charge in [0.25, 0.3) is 0 Å². The van der Waals surface area contributed by atoms with Crippen LogP contribution in [0, 0.1) is 13.8 Å². The fourth-order valence-electron chi connectivity index (χ4n) is 2.88. The molecular formula is C21H19ClN2O3. The van der Waals surface area contributed by atoms with Gasteiger partial charge in [-0.15, -0.1) is 0 Å². The number of esters is 1. The maximum absolute atomic E-state index is 12.5. The highest BCUT2D eigenvalue weighted by molar-refractivity contribution is 6.29. The first kappa shape index (κ1) is 18.9. The molecule has 3 aromatic rings. The fraction of sp³-hybridized carbons (Fsp3) is 0.190. The Balaban J connectivity index is 1.69. The predicted octanol–water partition coefficient (Wildman–Crippen LogP) is 4.24. The Bertz CT molecular complexity index is 963. The van der Waals surface area contributed by atoms with Gasteiger partial charge < -0.3 is 9.30 Å². The summed E-state index contributed by atoms with van der Waals surface area (Å²) in [5.41, 5.74) is 3.80. The molecule has 6 heteroatoms. The Morgan fingerprint density at radius 3 is 2.52 bits per heavy atom. The third-order valence-corrected chi connectivity index (χ3v) is 4.58. The number of rotatable bonds is 6. The number of pyridine rings is 1. The van der Waals surface area contributed by atoms with Crippen LogP contribution in [-0.4, -0.2) is 27.9 Å². The van der Waals surface area contributed by atoms with Crippen molar-refractivity contribution in [2.75, 3.05) is 6.61 Å². The Labute approximate surface area is 162 Å². The number of Topliss-reactive ketones (excluding diaryl/α,β-unsaturated/α-hetero) is 1. The van der Waals surface area contributed by atoms with Gasteiger partial charge >= 0.3 is 5.97 Å². The lowest BCUT2D eigenvalue weighted by Crippen LogP contribution is -2.15. The second-order valence-corrected chi connectivity index (χ2v) is 6.61. The molecular weight excluding hydrogens is 364 g/mol. The number of halogens is 1. The summed E-state index contributed by atoms with van der Waals surface area (Å²) >= 11 is 5.70. The van der Waals surface area contributed by atoms with Gasteiger partial charge in [-0.2, -0.15) is 0 Å². The molecule has 0 atom stereocenters. The van der Waals surface area contributed by atoms with E-state index in [1.54, 1.807) is 0 Å². The lowest BCUT2D eigenvalue weighted by atomic mass is 10.1. The van der Waals surface area contributed by atoms with E-state index < -0.39 is 5.97 Å². The van der Waals surface area contributed by atoms with E-state index in [-0.39, 0.29) is 23.1 Å². The van der Waals surface area contributed by atoms with Crippen LogP contribution in [0.3, 0.4) is 0 Å². The monoisotopic (exact) mass is 382 g/mol. The molecule has 0 bridgehead atoms. The van der Waals surface area contributed by atoms with E-state index in [0.29, 0.717) is 12.1 Å². The summed E-state index contributed by atoms with van der Waals surface area (Å²) in [6, 6.07) is 14.9. The van der Waals surface area contributed by atoms with Gasteiger partial charge in [0.2, 0.25) is 5.78 Å². The van der Waals surface area contributed by atoms with Crippen LogP contribution in [0.4, 0.5) is 0 Å². The summed E-state index contributed by atoms with van der Waals surface area (Å²) < 4.78 is 7.20. The minimum absolute atomic E-state index is 0.238. The molecule has 0 saturated carbocycles. The minimum Gasteiger partial charge on any atom is -0.454 e. The summed E-state index contributed by atoms with van der Waals surface area (Å²) in [6.07, 6.45) is 1.32. The molecule has 1 aromatic carbocycles. The maximum Gasteiger partial charge on any atom is 0.340 e. The Morgan fingerprint density at radius 2 is 1.85 bits per heavy atom. The van der Waals surface area contributed by atoms with Gasteiger partial charge in [-0.25, -0.2) is 9.78 Å². The average Bonchev–Trinajstić information content (AvgIpc) is 2.95. The average molecular weight is 383 g/mol. The Hall–Kier alpha value is -2.92. The molecule has 0 aliphatic heterocycles. The largest absolute Gasteiger partial charge is 0.454 e. The molecule has 3 rings (SSSR count). The zero-order chi connectivity index (χ0) is 19.4. The molecule has 138 valence electrons. The van der Waals surface area contributed by atoms with Gasteiger partial charge in [0.1, 0.15) is 5.15 Å².